The van der Waals surface area contributed by atoms with E-state index in [2.05, 4.69) is 55.9 Å². The van der Waals surface area contributed by atoms with Crippen molar-refractivity contribution < 1.29 is 0 Å². The lowest BCUT2D eigenvalue weighted by atomic mass is 10.1. The third kappa shape index (κ3) is 3.83. The standard InChI is InChI=1S/C18H22N8S/c1-11-10-26-14(12-6-21-22-7-12)9-19-17(26)16(23-11)24-15-5-13(25-27-15)8-20-18(2,3)4/h5-7,9-10,20H,8H2,1-4H3,(H,21,22)(H,23,24). The van der Waals surface area contributed by atoms with Crippen molar-refractivity contribution in [1.82, 2.24) is 34.3 Å². The highest BCUT2D eigenvalue weighted by Crippen LogP contribution is 2.27. The fourth-order valence-corrected chi connectivity index (χ4v) is 3.39. The SMILES string of the molecule is Cc1cn2c(-c3cn[nH]c3)cnc2c(Nc2cc(CNC(C)(C)C)ns2)n1. The summed E-state index contributed by atoms with van der Waals surface area (Å²) in [5.74, 6) is 0.712. The summed E-state index contributed by atoms with van der Waals surface area (Å²) in [4.78, 5) is 9.19. The molecule has 0 aromatic carbocycles. The van der Waals surface area contributed by atoms with Gasteiger partial charge in [-0.3, -0.25) is 9.50 Å². The van der Waals surface area contributed by atoms with E-state index in [-0.39, 0.29) is 5.54 Å². The number of anilines is 2. The van der Waals surface area contributed by atoms with Gasteiger partial charge in [-0.05, 0) is 45.3 Å². The maximum atomic E-state index is 4.63. The van der Waals surface area contributed by atoms with Crippen LogP contribution in [-0.4, -0.2) is 34.5 Å². The monoisotopic (exact) mass is 382 g/mol. The van der Waals surface area contributed by atoms with Crippen LogP contribution in [0, 0.1) is 6.92 Å². The molecular weight excluding hydrogens is 360 g/mol. The molecule has 0 aliphatic rings. The number of hydrogen-bond acceptors (Lipinski definition) is 7. The lowest BCUT2D eigenvalue weighted by Gasteiger charge is -2.19. The smallest absolute Gasteiger partial charge is 0.180 e. The van der Waals surface area contributed by atoms with Gasteiger partial charge in [0.1, 0.15) is 5.00 Å². The number of fused-ring (bicyclic) bond motifs is 1. The van der Waals surface area contributed by atoms with Crippen LogP contribution in [0.3, 0.4) is 0 Å². The van der Waals surface area contributed by atoms with Crippen LogP contribution >= 0.6 is 11.5 Å². The number of aromatic amines is 1. The van der Waals surface area contributed by atoms with E-state index in [0.29, 0.717) is 5.82 Å². The van der Waals surface area contributed by atoms with Crippen LogP contribution in [0.4, 0.5) is 10.8 Å². The lowest BCUT2D eigenvalue weighted by Crippen LogP contribution is -2.35. The van der Waals surface area contributed by atoms with Crippen molar-refractivity contribution in [3.05, 3.63) is 42.2 Å². The molecule has 4 aromatic heterocycles. The third-order valence-corrected chi connectivity index (χ3v) is 4.75. The van der Waals surface area contributed by atoms with Crippen LogP contribution in [0.1, 0.15) is 32.2 Å². The van der Waals surface area contributed by atoms with E-state index in [4.69, 9.17) is 0 Å². The van der Waals surface area contributed by atoms with Crippen LogP contribution in [0.5, 0.6) is 0 Å². The van der Waals surface area contributed by atoms with Crippen LogP contribution in [0.25, 0.3) is 16.9 Å². The van der Waals surface area contributed by atoms with Crippen molar-refractivity contribution in [3.63, 3.8) is 0 Å². The van der Waals surface area contributed by atoms with Gasteiger partial charge in [0.25, 0.3) is 0 Å². The summed E-state index contributed by atoms with van der Waals surface area (Å²) in [5, 5.41) is 14.6. The average molecular weight is 382 g/mol. The number of hydrogen-bond donors (Lipinski definition) is 3. The zero-order valence-corrected chi connectivity index (χ0v) is 16.6. The van der Waals surface area contributed by atoms with Gasteiger partial charge in [0, 0.05) is 30.0 Å². The molecule has 8 nitrogen and oxygen atoms in total. The summed E-state index contributed by atoms with van der Waals surface area (Å²) in [5.41, 5.74) is 4.66. The number of rotatable bonds is 5. The second-order valence-electron chi connectivity index (χ2n) is 7.47. The first-order chi connectivity index (χ1) is 12.9. The number of imidazole rings is 1. The molecule has 0 aliphatic carbocycles. The Morgan fingerprint density at radius 1 is 1.26 bits per heavy atom. The Labute approximate surface area is 161 Å². The molecule has 0 unspecified atom stereocenters. The van der Waals surface area contributed by atoms with Crippen LogP contribution in [-0.2, 0) is 6.54 Å². The Morgan fingerprint density at radius 2 is 2.11 bits per heavy atom. The minimum Gasteiger partial charge on any atom is -0.328 e. The van der Waals surface area contributed by atoms with E-state index in [0.717, 1.165) is 39.8 Å². The Kier molecular flexibility index (Phi) is 4.40. The van der Waals surface area contributed by atoms with Crippen molar-refractivity contribution in [2.24, 2.45) is 0 Å². The lowest BCUT2D eigenvalue weighted by molar-refractivity contribution is 0.422. The normalized spacial score (nSPS) is 12.0. The Morgan fingerprint density at radius 3 is 2.85 bits per heavy atom. The van der Waals surface area contributed by atoms with Gasteiger partial charge in [-0.25, -0.2) is 9.97 Å². The molecule has 3 N–H and O–H groups in total. The third-order valence-electron chi connectivity index (χ3n) is 4.01. The maximum Gasteiger partial charge on any atom is 0.180 e. The maximum absolute atomic E-state index is 4.63. The zero-order chi connectivity index (χ0) is 19.0. The largest absolute Gasteiger partial charge is 0.328 e. The molecule has 0 amide bonds. The van der Waals surface area contributed by atoms with E-state index in [1.807, 2.05) is 36.0 Å². The van der Waals surface area contributed by atoms with Crippen LogP contribution < -0.4 is 10.6 Å². The van der Waals surface area contributed by atoms with Crippen molar-refractivity contribution >= 4 is 28.0 Å². The average Bonchev–Trinajstić information content (AvgIpc) is 3.32. The molecule has 0 saturated heterocycles. The van der Waals surface area contributed by atoms with Gasteiger partial charge in [-0.15, -0.1) is 0 Å². The topological polar surface area (TPSA) is 95.8 Å². The van der Waals surface area contributed by atoms with Crippen molar-refractivity contribution in [2.75, 3.05) is 5.32 Å². The summed E-state index contributed by atoms with van der Waals surface area (Å²) in [6, 6.07) is 2.05. The fraction of sp³-hybridized carbons (Fsp3) is 0.333. The van der Waals surface area contributed by atoms with Gasteiger partial charge in [0.2, 0.25) is 0 Å². The molecule has 9 heteroatoms. The first-order valence-corrected chi connectivity index (χ1v) is 9.48. The quantitative estimate of drug-likeness (QED) is 0.489. The highest BCUT2D eigenvalue weighted by molar-refractivity contribution is 7.10. The first kappa shape index (κ1) is 17.6. The summed E-state index contributed by atoms with van der Waals surface area (Å²) in [6.07, 6.45) is 7.44. The predicted octanol–water partition coefficient (Wildman–Crippen LogP) is 3.52. The fourth-order valence-electron chi connectivity index (χ4n) is 2.72. The molecule has 0 fully saturated rings. The van der Waals surface area contributed by atoms with Gasteiger partial charge in [0.15, 0.2) is 11.5 Å². The summed E-state index contributed by atoms with van der Waals surface area (Å²) < 4.78 is 6.54. The predicted molar refractivity (Wildman–Crippen MR) is 107 cm³/mol. The Hall–Kier alpha value is -2.78. The molecule has 27 heavy (non-hydrogen) atoms. The Bertz CT molecular complexity index is 1060. The molecule has 140 valence electrons. The molecule has 0 bridgehead atoms. The number of aryl methyl sites for hydroxylation is 1. The molecule has 0 radical (unpaired) electrons. The zero-order valence-electron chi connectivity index (χ0n) is 15.7. The first-order valence-electron chi connectivity index (χ1n) is 8.70. The molecular formula is C18H22N8S. The van der Waals surface area contributed by atoms with Crippen molar-refractivity contribution in [1.29, 1.82) is 0 Å². The summed E-state index contributed by atoms with van der Waals surface area (Å²) in [7, 11) is 0. The molecule has 0 aliphatic heterocycles. The van der Waals surface area contributed by atoms with Gasteiger partial charge in [-0.1, -0.05) is 0 Å². The number of nitrogens with zero attached hydrogens (tertiary/aromatic N) is 5. The minimum atomic E-state index is 0.0564. The van der Waals surface area contributed by atoms with Gasteiger partial charge < -0.3 is 10.6 Å². The van der Waals surface area contributed by atoms with E-state index >= 15 is 0 Å². The van der Waals surface area contributed by atoms with Crippen molar-refractivity contribution in [3.8, 4) is 11.3 Å². The van der Waals surface area contributed by atoms with Crippen LogP contribution in [0.15, 0.2) is 30.9 Å². The van der Waals surface area contributed by atoms with Gasteiger partial charge >= 0.3 is 0 Å². The van der Waals surface area contributed by atoms with Crippen molar-refractivity contribution in [2.45, 2.75) is 39.8 Å². The van der Waals surface area contributed by atoms with E-state index < -0.39 is 0 Å². The summed E-state index contributed by atoms with van der Waals surface area (Å²) >= 11 is 1.42. The van der Waals surface area contributed by atoms with Crippen LogP contribution in [0.2, 0.25) is 0 Å². The number of nitrogens with one attached hydrogen (secondary N) is 3. The van der Waals surface area contributed by atoms with Gasteiger partial charge in [-0.2, -0.15) is 9.47 Å². The van der Waals surface area contributed by atoms with E-state index in [1.54, 1.807) is 6.20 Å². The summed E-state index contributed by atoms with van der Waals surface area (Å²) in [6.45, 7) is 9.12. The molecule has 4 heterocycles. The second kappa shape index (κ2) is 6.75. The molecule has 4 rings (SSSR count). The van der Waals surface area contributed by atoms with E-state index in [9.17, 15) is 0 Å². The highest BCUT2D eigenvalue weighted by Gasteiger charge is 2.14. The number of H-pyrrole nitrogens is 1. The molecule has 0 saturated carbocycles. The Balaban J connectivity index is 1.62. The minimum absolute atomic E-state index is 0.0564. The highest BCUT2D eigenvalue weighted by atomic mass is 32.1. The van der Waals surface area contributed by atoms with E-state index in [1.165, 1.54) is 11.5 Å². The van der Waals surface area contributed by atoms with Gasteiger partial charge in [0.05, 0.1) is 29.5 Å². The molecule has 0 atom stereocenters. The second-order valence-corrected chi connectivity index (χ2v) is 8.27. The molecule has 0 spiro atoms. The molecule has 4 aromatic rings. The number of aromatic nitrogens is 6.